The molecule has 2 saturated heterocycles. The van der Waals surface area contributed by atoms with E-state index in [2.05, 4.69) is 0 Å². The molecule has 2 aliphatic heterocycles. The number of rotatable bonds is 6. The number of halogens is 3. The van der Waals surface area contributed by atoms with E-state index in [1.165, 1.54) is 29.2 Å². The molecule has 2 aromatic carbocycles. The predicted octanol–water partition coefficient (Wildman–Crippen LogP) is 5.12. The largest absolute Gasteiger partial charge is 0.465 e. The van der Waals surface area contributed by atoms with E-state index in [4.69, 9.17) is 25.8 Å². The molecule has 2 fully saturated rings. The molecule has 2 unspecified atom stereocenters. The smallest absolute Gasteiger partial charge is 0.410 e. The molecule has 39 heavy (non-hydrogen) atoms. The number of nitrogens with zero attached hydrogens (tertiary/aromatic N) is 2. The van der Waals surface area contributed by atoms with Crippen LogP contribution in [0.1, 0.15) is 40.5 Å². The Hall–Kier alpha value is -2.96. The first-order chi connectivity index (χ1) is 18.2. The molecule has 0 N–H and O–H groups in total. The van der Waals surface area contributed by atoms with Gasteiger partial charge in [0.1, 0.15) is 11.4 Å². The first kappa shape index (κ1) is 29.0. The van der Waals surface area contributed by atoms with Crippen LogP contribution in [0.4, 0.5) is 13.6 Å². The zero-order valence-corrected chi connectivity index (χ0v) is 23.4. The molecule has 2 atom stereocenters. The van der Waals surface area contributed by atoms with Gasteiger partial charge in [-0.2, -0.15) is 4.31 Å². The molecule has 2 aliphatic rings. The van der Waals surface area contributed by atoms with Crippen LogP contribution in [-0.2, 0) is 24.3 Å². The molecule has 0 aliphatic carbocycles. The maximum atomic E-state index is 15.0. The van der Waals surface area contributed by atoms with Crippen molar-refractivity contribution in [3.8, 4) is 11.5 Å². The molecular weight excluding hydrogens is 558 g/mol. The lowest BCUT2D eigenvalue weighted by Gasteiger charge is -2.46. The number of carbonyl (C=O) groups excluding carboxylic acids is 2. The van der Waals surface area contributed by atoms with Crippen molar-refractivity contribution >= 4 is 33.7 Å². The van der Waals surface area contributed by atoms with Gasteiger partial charge >= 0.3 is 12.1 Å². The zero-order valence-electron chi connectivity index (χ0n) is 21.9. The molecule has 4 rings (SSSR count). The van der Waals surface area contributed by atoms with Gasteiger partial charge in [-0.25, -0.2) is 26.8 Å². The van der Waals surface area contributed by atoms with Gasteiger partial charge < -0.3 is 19.1 Å². The van der Waals surface area contributed by atoms with Gasteiger partial charge in [0.05, 0.1) is 18.0 Å². The van der Waals surface area contributed by atoms with Gasteiger partial charge in [0, 0.05) is 17.6 Å². The fourth-order valence-corrected chi connectivity index (χ4v) is 6.97. The predicted molar refractivity (Wildman–Crippen MR) is 137 cm³/mol. The van der Waals surface area contributed by atoms with E-state index in [0.717, 1.165) is 4.31 Å². The Morgan fingerprint density at radius 3 is 2.31 bits per heavy atom. The lowest BCUT2D eigenvalue weighted by atomic mass is 9.97. The summed E-state index contributed by atoms with van der Waals surface area (Å²) in [4.78, 5) is 26.7. The third kappa shape index (κ3) is 5.68. The average Bonchev–Trinajstić information content (AvgIpc) is 3.10. The fourth-order valence-electron chi connectivity index (χ4n) is 4.86. The normalized spacial score (nSPS) is 21.5. The van der Waals surface area contributed by atoms with E-state index in [-0.39, 0.29) is 38.3 Å². The lowest BCUT2D eigenvalue weighted by Crippen LogP contribution is -2.67. The topological polar surface area (TPSA) is 102 Å². The molecule has 2 heterocycles. The van der Waals surface area contributed by atoms with Crippen molar-refractivity contribution in [2.75, 3.05) is 19.7 Å². The van der Waals surface area contributed by atoms with Gasteiger partial charge in [0.25, 0.3) is 0 Å². The Morgan fingerprint density at radius 2 is 1.74 bits per heavy atom. The highest BCUT2D eigenvalue weighted by atomic mass is 35.5. The Kier molecular flexibility index (Phi) is 7.85. The highest BCUT2D eigenvalue weighted by Gasteiger charge is 2.62. The molecule has 2 aromatic rings. The second kappa shape index (κ2) is 10.5. The minimum atomic E-state index is -4.64. The van der Waals surface area contributed by atoms with E-state index < -0.39 is 61.5 Å². The summed E-state index contributed by atoms with van der Waals surface area (Å²) >= 11 is 5.82. The highest BCUT2D eigenvalue weighted by molar-refractivity contribution is 7.89. The van der Waals surface area contributed by atoms with E-state index in [0.29, 0.717) is 17.2 Å². The van der Waals surface area contributed by atoms with E-state index in [1.807, 2.05) is 0 Å². The third-order valence-electron chi connectivity index (χ3n) is 6.40. The van der Waals surface area contributed by atoms with Crippen molar-refractivity contribution in [2.24, 2.45) is 0 Å². The van der Waals surface area contributed by atoms with Crippen LogP contribution in [0.2, 0.25) is 5.02 Å². The third-order valence-corrected chi connectivity index (χ3v) is 8.65. The van der Waals surface area contributed by atoms with Crippen molar-refractivity contribution in [3.05, 3.63) is 53.1 Å². The number of sulfonamides is 1. The summed E-state index contributed by atoms with van der Waals surface area (Å²) in [6.07, 6.45) is -0.432. The number of hydrogen-bond donors (Lipinski definition) is 0. The zero-order chi connectivity index (χ0) is 28.8. The number of ether oxygens (including phenoxy) is 3. The van der Waals surface area contributed by atoms with E-state index in [1.54, 1.807) is 27.7 Å². The van der Waals surface area contributed by atoms with Gasteiger partial charge in [-0.1, -0.05) is 11.6 Å². The quantitative estimate of drug-likeness (QED) is 0.433. The molecule has 0 spiro atoms. The number of amides is 1. The maximum Gasteiger partial charge on any atom is 0.410 e. The minimum absolute atomic E-state index is 0.0361. The lowest BCUT2D eigenvalue weighted by molar-refractivity contribution is -0.156. The summed E-state index contributed by atoms with van der Waals surface area (Å²) < 4.78 is 74.7. The van der Waals surface area contributed by atoms with Crippen molar-refractivity contribution in [1.29, 1.82) is 0 Å². The van der Waals surface area contributed by atoms with Crippen molar-refractivity contribution in [2.45, 2.75) is 62.6 Å². The van der Waals surface area contributed by atoms with Crippen molar-refractivity contribution in [1.82, 2.24) is 9.21 Å². The SMILES string of the molecule is CCOC(=O)C12CCC(CN(C(=O)OC(C)(C)C)C1)N2S(=O)(=O)c1cc(F)c(Oc2ccc(Cl)cc2)c(F)c1. The Bertz CT molecular complexity index is 1360. The van der Waals surface area contributed by atoms with Crippen LogP contribution in [0.5, 0.6) is 11.5 Å². The number of benzene rings is 2. The molecule has 0 aromatic heterocycles. The molecule has 13 heteroatoms. The van der Waals surface area contributed by atoms with Gasteiger partial charge in [0.2, 0.25) is 10.0 Å². The summed E-state index contributed by atoms with van der Waals surface area (Å²) in [6.45, 7) is 6.18. The first-order valence-electron chi connectivity index (χ1n) is 12.3. The van der Waals surface area contributed by atoms with Crippen LogP contribution < -0.4 is 4.74 Å². The number of likely N-dealkylation sites (tertiary alicyclic amines) is 1. The van der Waals surface area contributed by atoms with Crippen LogP contribution >= 0.6 is 11.6 Å². The number of fused-ring (bicyclic) bond motifs is 2. The first-order valence-corrected chi connectivity index (χ1v) is 14.1. The highest BCUT2D eigenvalue weighted by Crippen LogP contribution is 2.45. The summed E-state index contributed by atoms with van der Waals surface area (Å²) in [5, 5.41) is 0.390. The average molecular weight is 587 g/mol. The van der Waals surface area contributed by atoms with Crippen LogP contribution in [0, 0.1) is 11.6 Å². The molecule has 1 amide bonds. The van der Waals surface area contributed by atoms with E-state index >= 15 is 8.78 Å². The Morgan fingerprint density at radius 1 is 1.13 bits per heavy atom. The summed E-state index contributed by atoms with van der Waals surface area (Å²) in [5.41, 5.74) is -2.61. The summed E-state index contributed by atoms with van der Waals surface area (Å²) in [7, 11) is -4.64. The van der Waals surface area contributed by atoms with Crippen LogP contribution in [0.3, 0.4) is 0 Å². The van der Waals surface area contributed by atoms with Crippen LogP contribution in [0.15, 0.2) is 41.3 Å². The Labute approximate surface area is 230 Å². The second-order valence-corrected chi connectivity index (χ2v) is 12.6. The number of hydrogen-bond acceptors (Lipinski definition) is 7. The molecule has 0 saturated carbocycles. The van der Waals surface area contributed by atoms with Gasteiger partial charge in [-0.15, -0.1) is 0 Å². The molecule has 0 radical (unpaired) electrons. The maximum absolute atomic E-state index is 15.0. The van der Waals surface area contributed by atoms with Gasteiger partial charge in [-0.3, -0.25) is 0 Å². The molecular formula is C26H29ClF2N2O7S. The summed E-state index contributed by atoms with van der Waals surface area (Å²) in [6, 6.07) is 6.16. The Balaban J connectivity index is 1.70. The van der Waals surface area contributed by atoms with Crippen molar-refractivity contribution in [3.63, 3.8) is 0 Å². The summed E-state index contributed by atoms with van der Waals surface area (Å²) in [5.74, 6) is -4.07. The molecule has 212 valence electrons. The van der Waals surface area contributed by atoms with Crippen molar-refractivity contribution < 1.29 is 41.0 Å². The fraction of sp³-hybridized carbons (Fsp3) is 0.462. The standard InChI is InChI=1S/C26H29ClF2N2O7S/c1-5-36-23(32)26-11-10-17(14-30(15-26)24(33)38-25(2,3)4)31(26)39(34,35)19-12-20(28)22(21(29)13-19)37-18-8-6-16(27)7-9-18/h6-9,12-13,17H,5,10-11,14-15H2,1-4H3. The monoisotopic (exact) mass is 586 g/mol. The van der Waals surface area contributed by atoms with Gasteiger partial charge in [0.15, 0.2) is 22.9 Å². The minimum Gasteiger partial charge on any atom is -0.465 e. The molecule has 2 bridgehead atoms. The van der Waals surface area contributed by atoms with Crippen LogP contribution in [0.25, 0.3) is 0 Å². The number of piperazine rings is 1. The number of carbonyl (C=O) groups is 2. The number of esters is 1. The molecule has 9 nitrogen and oxygen atoms in total. The van der Waals surface area contributed by atoms with E-state index in [9.17, 15) is 18.0 Å². The van der Waals surface area contributed by atoms with Gasteiger partial charge in [-0.05, 0) is 76.9 Å². The van der Waals surface area contributed by atoms with Crippen LogP contribution in [-0.4, -0.2) is 66.6 Å². The second-order valence-electron chi connectivity index (χ2n) is 10.4.